The van der Waals surface area contributed by atoms with Crippen molar-refractivity contribution in [3.63, 3.8) is 0 Å². The van der Waals surface area contributed by atoms with E-state index in [1.807, 2.05) is 12.1 Å². The molecular formula is C16H17N3O3. The van der Waals surface area contributed by atoms with Gasteiger partial charge in [0, 0.05) is 24.5 Å². The van der Waals surface area contributed by atoms with Gasteiger partial charge in [0.1, 0.15) is 11.9 Å². The summed E-state index contributed by atoms with van der Waals surface area (Å²) in [6.07, 6.45) is 4.68. The zero-order valence-corrected chi connectivity index (χ0v) is 12.3. The minimum Gasteiger partial charge on any atom is -0.497 e. The summed E-state index contributed by atoms with van der Waals surface area (Å²) in [7, 11) is 1.59. The highest BCUT2D eigenvalue weighted by Gasteiger charge is 2.27. The van der Waals surface area contributed by atoms with Crippen LogP contribution in [0.4, 0.5) is 0 Å². The van der Waals surface area contributed by atoms with Crippen LogP contribution in [-0.2, 0) is 4.74 Å². The summed E-state index contributed by atoms with van der Waals surface area (Å²) in [5.74, 6) is 0.640. The average molecular weight is 299 g/mol. The van der Waals surface area contributed by atoms with Gasteiger partial charge in [0.2, 0.25) is 0 Å². The van der Waals surface area contributed by atoms with E-state index in [1.165, 1.54) is 0 Å². The normalized spacial score (nSPS) is 18.0. The molecule has 1 aromatic heterocycles. The first-order valence-electron chi connectivity index (χ1n) is 7.09. The van der Waals surface area contributed by atoms with Gasteiger partial charge in [-0.3, -0.25) is 14.8 Å². The summed E-state index contributed by atoms with van der Waals surface area (Å²) in [6, 6.07) is 7.16. The van der Waals surface area contributed by atoms with E-state index in [0.717, 1.165) is 5.69 Å². The Balaban J connectivity index is 1.75. The predicted molar refractivity (Wildman–Crippen MR) is 79.6 cm³/mol. The molecule has 0 saturated carbocycles. The van der Waals surface area contributed by atoms with Crippen LogP contribution in [0.3, 0.4) is 0 Å². The van der Waals surface area contributed by atoms with Crippen molar-refractivity contribution in [1.29, 1.82) is 0 Å². The lowest BCUT2D eigenvalue weighted by Crippen LogP contribution is -2.42. The van der Waals surface area contributed by atoms with Gasteiger partial charge < -0.3 is 14.4 Å². The van der Waals surface area contributed by atoms with E-state index < -0.39 is 0 Å². The number of nitrogens with zero attached hydrogens (tertiary/aromatic N) is 3. The fourth-order valence-electron chi connectivity index (χ4n) is 2.43. The first-order chi connectivity index (χ1) is 10.8. The van der Waals surface area contributed by atoms with E-state index in [2.05, 4.69) is 9.97 Å². The Kier molecular flexibility index (Phi) is 4.29. The van der Waals surface area contributed by atoms with Crippen LogP contribution in [0.25, 0.3) is 0 Å². The number of ether oxygens (including phenoxy) is 2. The van der Waals surface area contributed by atoms with Crippen LogP contribution >= 0.6 is 0 Å². The Morgan fingerprint density at radius 1 is 1.41 bits per heavy atom. The lowest BCUT2D eigenvalue weighted by Gasteiger charge is -2.32. The molecule has 1 amide bonds. The van der Waals surface area contributed by atoms with Crippen LogP contribution in [0.5, 0.6) is 5.75 Å². The molecule has 1 saturated heterocycles. The molecule has 6 heteroatoms. The molecule has 6 nitrogen and oxygen atoms in total. The third kappa shape index (κ3) is 3.07. The molecule has 1 atom stereocenters. The Bertz CT molecular complexity index is 648. The number of carbonyl (C=O) groups excluding carboxylic acids is 1. The zero-order valence-electron chi connectivity index (χ0n) is 12.3. The largest absolute Gasteiger partial charge is 0.497 e. The van der Waals surface area contributed by atoms with Crippen molar-refractivity contribution in [2.45, 2.75) is 6.10 Å². The molecule has 1 aliphatic heterocycles. The number of morpholine rings is 1. The minimum atomic E-state index is -0.239. The summed E-state index contributed by atoms with van der Waals surface area (Å²) < 4.78 is 10.9. The predicted octanol–water partition coefficient (Wildman–Crippen LogP) is 1.70. The lowest BCUT2D eigenvalue weighted by molar-refractivity contribution is -0.0249. The first kappa shape index (κ1) is 14.5. The molecule has 0 bridgehead atoms. The number of hydrogen-bond donors (Lipinski definition) is 0. The van der Waals surface area contributed by atoms with Crippen molar-refractivity contribution in [3.8, 4) is 5.75 Å². The van der Waals surface area contributed by atoms with Crippen molar-refractivity contribution in [3.05, 3.63) is 54.1 Å². The first-order valence-corrected chi connectivity index (χ1v) is 7.09. The Morgan fingerprint density at radius 3 is 3.09 bits per heavy atom. The van der Waals surface area contributed by atoms with Crippen LogP contribution < -0.4 is 4.74 Å². The van der Waals surface area contributed by atoms with Crippen LogP contribution in [0.15, 0.2) is 42.9 Å². The van der Waals surface area contributed by atoms with Crippen LogP contribution in [0, 0.1) is 0 Å². The summed E-state index contributed by atoms with van der Waals surface area (Å²) >= 11 is 0. The standard InChI is InChI=1S/C16H17N3O3/c1-21-13-4-2-3-12(9-13)16(20)19-7-8-22-15(11-19)14-10-17-5-6-18-14/h2-6,9-10,15H,7-8,11H2,1H3/t15-/m0/s1. The van der Waals surface area contributed by atoms with E-state index in [4.69, 9.17) is 9.47 Å². The van der Waals surface area contributed by atoms with Crippen molar-refractivity contribution in [1.82, 2.24) is 14.9 Å². The Morgan fingerprint density at radius 2 is 2.32 bits per heavy atom. The number of carbonyl (C=O) groups is 1. The SMILES string of the molecule is COc1cccc(C(=O)N2CCO[C@H](c3cnccn3)C2)c1. The summed E-state index contributed by atoms with van der Waals surface area (Å²) in [5.41, 5.74) is 1.35. The smallest absolute Gasteiger partial charge is 0.254 e. The molecule has 1 aliphatic rings. The molecule has 2 aromatic rings. The van der Waals surface area contributed by atoms with Gasteiger partial charge in [-0.2, -0.15) is 0 Å². The maximum absolute atomic E-state index is 12.6. The van der Waals surface area contributed by atoms with Gasteiger partial charge in [0.05, 0.1) is 32.2 Å². The summed E-state index contributed by atoms with van der Waals surface area (Å²) in [5, 5.41) is 0. The fourth-order valence-corrected chi connectivity index (χ4v) is 2.43. The molecule has 2 heterocycles. The Hall–Kier alpha value is -2.47. The maximum atomic E-state index is 12.6. The molecule has 114 valence electrons. The number of benzene rings is 1. The van der Waals surface area contributed by atoms with Gasteiger partial charge in [-0.25, -0.2) is 0 Å². The number of hydrogen-bond acceptors (Lipinski definition) is 5. The highest BCUT2D eigenvalue weighted by molar-refractivity contribution is 5.94. The van der Waals surface area contributed by atoms with Gasteiger partial charge in [0.15, 0.2) is 0 Å². The minimum absolute atomic E-state index is 0.0314. The summed E-state index contributed by atoms with van der Waals surface area (Å²) in [6.45, 7) is 1.51. The van der Waals surface area contributed by atoms with Gasteiger partial charge in [-0.15, -0.1) is 0 Å². The van der Waals surface area contributed by atoms with Crippen molar-refractivity contribution in [2.24, 2.45) is 0 Å². The second kappa shape index (κ2) is 6.53. The number of rotatable bonds is 3. The second-order valence-electron chi connectivity index (χ2n) is 4.97. The van der Waals surface area contributed by atoms with Crippen molar-refractivity contribution in [2.75, 3.05) is 26.8 Å². The maximum Gasteiger partial charge on any atom is 0.254 e. The third-order valence-corrected chi connectivity index (χ3v) is 3.58. The molecule has 0 spiro atoms. The van der Waals surface area contributed by atoms with E-state index >= 15 is 0 Å². The number of amides is 1. The average Bonchev–Trinajstić information content (AvgIpc) is 2.62. The fraction of sp³-hybridized carbons (Fsp3) is 0.312. The molecule has 0 unspecified atom stereocenters. The lowest BCUT2D eigenvalue weighted by atomic mass is 10.1. The highest BCUT2D eigenvalue weighted by Crippen LogP contribution is 2.22. The van der Waals surface area contributed by atoms with Crippen LogP contribution in [0.2, 0.25) is 0 Å². The Labute approximate surface area is 128 Å². The third-order valence-electron chi connectivity index (χ3n) is 3.58. The molecular weight excluding hydrogens is 282 g/mol. The molecule has 0 N–H and O–H groups in total. The number of aromatic nitrogens is 2. The molecule has 3 rings (SSSR count). The molecule has 0 radical (unpaired) electrons. The van der Waals surface area contributed by atoms with Gasteiger partial charge in [0.25, 0.3) is 5.91 Å². The quantitative estimate of drug-likeness (QED) is 0.863. The number of methoxy groups -OCH3 is 1. The van der Waals surface area contributed by atoms with Gasteiger partial charge in [-0.05, 0) is 18.2 Å². The molecule has 1 aromatic carbocycles. The highest BCUT2D eigenvalue weighted by atomic mass is 16.5. The van der Waals surface area contributed by atoms with Gasteiger partial charge in [-0.1, -0.05) is 6.07 Å². The molecule has 1 fully saturated rings. The molecule has 22 heavy (non-hydrogen) atoms. The zero-order chi connectivity index (χ0) is 15.4. The molecule has 0 aliphatic carbocycles. The monoisotopic (exact) mass is 299 g/mol. The topological polar surface area (TPSA) is 64.5 Å². The van der Waals surface area contributed by atoms with E-state index in [1.54, 1.807) is 42.7 Å². The van der Waals surface area contributed by atoms with Crippen molar-refractivity contribution >= 4 is 5.91 Å². The van der Waals surface area contributed by atoms with Crippen LogP contribution in [-0.4, -0.2) is 47.6 Å². The van der Waals surface area contributed by atoms with Crippen molar-refractivity contribution < 1.29 is 14.3 Å². The van der Waals surface area contributed by atoms with E-state index in [-0.39, 0.29) is 12.0 Å². The van der Waals surface area contributed by atoms with E-state index in [0.29, 0.717) is 31.0 Å². The van der Waals surface area contributed by atoms with Crippen LogP contribution in [0.1, 0.15) is 22.2 Å². The summed E-state index contributed by atoms with van der Waals surface area (Å²) in [4.78, 5) is 22.7. The second-order valence-corrected chi connectivity index (χ2v) is 4.97. The van der Waals surface area contributed by atoms with Gasteiger partial charge >= 0.3 is 0 Å². The van der Waals surface area contributed by atoms with E-state index in [9.17, 15) is 4.79 Å².